The number of benzene rings is 2. The fourth-order valence-corrected chi connectivity index (χ4v) is 2.22. The lowest BCUT2D eigenvalue weighted by atomic mass is 10.0. The Morgan fingerprint density at radius 3 is 2.38 bits per heavy atom. The molecule has 0 bridgehead atoms. The molecule has 0 spiro atoms. The second kappa shape index (κ2) is 7.77. The first-order chi connectivity index (χ1) is 11.6. The van der Waals surface area contributed by atoms with Crippen molar-refractivity contribution >= 4 is 12.4 Å². The summed E-state index contributed by atoms with van der Waals surface area (Å²) >= 11 is 0. The summed E-state index contributed by atoms with van der Waals surface area (Å²) in [6.07, 6.45) is 1.67. The van der Waals surface area contributed by atoms with Gasteiger partial charge in [0.15, 0.2) is 5.95 Å². The molecule has 0 atom stereocenters. The van der Waals surface area contributed by atoms with Crippen LogP contribution in [0.15, 0.2) is 48.7 Å². The van der Waals surface area contributed by atoms with E-state index >= 15 is 0 Å². The third-order valence-corrected chi connectivity index (χ3v) is 3.26. The molecule has 0 aliphatic rings. The molecule has 1 aromatic heterocycles. The number of nitrogens with zero attached hydrogens (tertiary/aromatic N) is 1. The lowest BCUT2D eigenvalue weighted by Gasteiger charge is -2.09. The largest absolute Gasteiger partial charge is 0.496 e. The van der Waals surface area contributed by atoms with Crippen molar-refractivity contribution < 1.29 is 19.0 Å². The number of anilines is 1. The van der Waals surface area contributed by atoms with E-state index in [1.807, 2.05) is 24.3 Å². The zero-order chi connectivity index (χ0) is 17.5. The van der Waals surface area contributed by atoms with Gasteiger partial charge in [-0.3, -0.25) is 4.79 Å². The maximum absolute atomic E-state index is 13.4. The number of carbonyl (C=O) groups is 1. The van der Waals surface area contributed by atoms with Gasteiger partial charge >= 0.3 is 0 Å². The van der Waals surface area contributed by atoms with Crippen LogP contribution in [-0.4, -0.2) is 28.7 Å². The van der Waals surface area contributed by atoms with Crippen LogP contribution in [0, 0.1) is 5.82 Å². The van der Waals surface area contributed by atoms with Crippen molar-refractivity contribution in [3.63, 3.8) is 0 Å². The molecule has 0 saturated heterocycles. The Morgan fingerprint density at radius 2 is 1.83 bits per heavy atom. The molecule has 6 nitrogen and oxygen atoms in total. The topological polar surface area (TPSA) is 101 Å². The normalized spacial score (nSPS) is 9.75. The fourth-order valence-electron chi connectivity index (χ4n) is 2.22. The molecule has 24 heavy (non-hydrogen) atoms. The van der Waals surface area contributed by atoms with E-state index in [4.69, 9.17) is 20.4 Å². The molecule has 0 aliphatic carbocycles. The number of aromatic amines is 1. The van der Waals surface area contributed by atoms with Crippen LogP contribution in [0.2, 0.25) is 0 Å². The molecule has 3 aromatic rings. The van der Waals surface area contributed by atoms with E-state index in [2.05, 4.69) is 9.97 Å². The van der Waals surface area contributed by atoms with Crippen LogP contribution >= 0.6 is 0 Å². The number of halogens is 1. The molecule has 0 radical (unpaired) electrons. The molecule has 1 heterocycles. The van der Waals surface area contributed by atoms with Gasteiger partial charge in [0.2, 0.25) is 0 Å². The summed E-state index contributed by atoms with van der Waals surface area (Å²) in [4.78, 5) is 15.3. The summed E-state index contributed by atoms with van der Waals surface area (Å²) in [6.45, 7) is -0.250. The highest BCUT2D eigenvalue weighted by Crippen LogP contribution is 2.31. The molecular formula is C17H16FN3O3. The third kappa shape index (κ3) is 3.89. The third-order valence-electron chi connectivity index (χ3n) is 3.26. The first kappa shape index (κ1) is 17.0. The number of ether oxygens (including phenoxy) is 1. The fraction of sp³-hybridized carbons (Fsp3) is 0.0588. The molecule has 2 aromatic carbocycles. The van der Waals surface area contributed by atoms with Crippen LogP contribution in [0.4, 0.5) is 10.3 Å². The van der Waals surface area contributed by atoms with E-state index in [0.717, 1.165) is 16.8 Å². The molecule has 7 heteroatoms. The number of H-pyrrole nitrogens is 1. The summed E-state index contributed by atoms with van der Waals surface area (Å²) < 4.78 is 18.7. The minimum atomic E-state index is -0.295. The Hall–Kier alpha value is -3.35. The Balaban J connectivity index is 0.000000647. The Bertz CT molecular complexity index is 816. The monoisotopic (exact) mass is 329 g/mol. The summed E-state index contributed by atoms with van der Waals surface area (Å²) in [5.74, 6) is 0.715. The maximum atomic E-state index is 13.4. The average Bonchev–Trinajstić information content (AvgIpc) is 3.02. The van der Waals surface area contributed by atoms with Gasteiger partial charge < -0.3 is 20.6 Å². The van der Waals surface area contributed by atoms with Crippen LogP contribution in [0.3, 0.4) is 0 Å². The van der Waals surface area contributed by atoms with Crippen molar-refractivity contribution in [2.75, 3.05) is 12.8 Å². The minimum Gasteiger partial charge on any atom is -0.496 e. The minimum absolute atomic E-state index is 0.250. The molecule has 0 aliphatic heterocycles. The number of hydrogen-bond acceptors (Lipinski definition) is 4. The van der Waals surface area contributed by atoms with Crippen LogP contribution < -0.4 is 10.5 Å². The highest BCUT2D eigenvalue weighted by molar-refractivity contribution is 5.73. The van der Waals surface area contributed by atoms with Crippen molar-refractivity contribution in [1.29, 1.82) is 0 Å². The number of aromatic nitrogens is 2. The molecule has 3 rings (SSSR count). The molecular weight excluding hydrogens is 313 g/mol. The van der Waals surface area contributed by atoms with Gasteiger partial charge in [-0.05, 0) is 29.3 Å². The number of nitrogens with two attached hydrogens (primary N) is 1. The van der Waals surface area contributed by atoms with E-state index in [0.29, 0.717) is 17.3 Å². The first-order valence-electron chi connectivity index (χ1n) is 6.91. The van der Waals surface area contributed by atoms with Gasteiger partial charge in [-0.25, -0.2) is 9.37 Å². The zero-order valence-electron chi connectivity index (χ0n) is 12.9. The summed E-state index contributed by atoms with van der Waals surface area (Å²) in [7, 11) is 1.57. The van der Waals surface area contributed by atoms with Crippen molar-refractivity contribution in [2.45, 2.75) is 0 Å². The van der Waals surface area contributed by atoms with Crippen molar-refractivity contribution in [3.8, 4) is 28.1 Å². The van der Waals surface area contributed by atoms with Gasteiger partial charge in [0.05, 0.1) is 19.0 Å². The number of carboxylic acid groups (broad SMARTS) is 1. The van der Waals surface area contributed by atoms with Gasteiger partial charge in [0.1, 0.15) is 11.6 Å². The van der Waals surface area contributed by atoms with E-state index in [1.54, 1.807) is 19.4 Å². The highest BCUT2D eigenvalue weighted by Gasteiger charge is 2.08. The van der Waals surface area contributed by atoms with Gasteiger partial charge in [0.25, 0.3) is 6.47 Å². The Kier molecular flexibility index (Phi) is 5.51. The Morgan fingerprint density at radius 1 is 1.21 bits per heavy atom. The second-order valence-corrected chi connectivity index (χ2v) is 4.71. The molecule has 124 valence electrons. The standard InChI is InChI=1S/C16H14FN3O.CH2O2/c1-21-15-7-6-12(17)8-13(15)10-2-4-11(5-3-10)14-9-19-16(18)20-14;2-1-3/h2-9H,1H3,(H3,18,19,20);1H,(H,2,3). The number of hydrogen-bond donors (Lipinski definition) is 3. The van der Waals surface area contributed by atoms with Crippen molar-refractivity contribution in [2.24, 2.45) is 0 Å². The highest BCUT2D eigenvalue weighted by atomic mass is 19.1. The smallest absolute Gasteiger partial charge is 0.290 e. The van der Waals surface area contributed by atoms with Crippen molar-refractivity contribution in [3.05, 3.63) is 54.5 Å². The number of nitrogen functional groups attached to an aromatic ring is 1. The van der Waals surface area contributed by atoms with Crippen LogP contribution in [0.5, 0.6) is 5.75 Å². The lowest BCUT2D eigenvalue weighted by molar-refractivity contribution is -0.122. The van der Waals surface area contributed by atoms with E-state index in [9.17, 15) is 4.39 Å². The van der Waals surface area contributed by atoms with Gasteiger partial charge in [-0.1, -0.05) is 24.3 Å². The summed E-state index contributed by atoms with van der Waals surface area (Å²) in [6, 6.07) is 12.1. The second-order valence-electron chi connectivity index (χ2n) is 4.71. The first-order valence-corrected chi connectivity index (χ1v) is 6.91. The van der Waals surface area contributed by atoms with Crippen LogP contribution in [0.25, 0.3) is 22.4 Å². The van der Waals surface area contributed by atoms with Crippen molar-refractivity contribution in [1.82, 2.24) is 9.97 Å². The number of rotatable bonds is 3. The predicted octanol–water partition coefficient (Wildman–Crippen LogP) is 3.17. The SMILES string of the molecule is COc1ccc(F)cc1-c1ccc(-c2cnc(N)[nH]2)cc1.O=CO. The van der Waals surface area contributed by atoms with E-state index < -0.39 is 0 Å². The molecule has 0 unspecified atom stereocenters. The van der Waals surface area contributed by atoms with E-state index in [-0.39, 0.29) is 12.3 Å². The van der Waals surface area contributed by atoms with E-state index in [1.165, 1.54) is 12.1 Å². The van der Waals surface area contributed by atoms with Gasteiger partial charge in [-0.15, -0.1) is 0 Å². The molecule has 0 fully saturated rings. The molecule has 0 saturated carbocycles. The summed E-state index contributed by atoms with van der Waals surface area (Å²) in [5, 5.41) is 6.89. The van der Waals surface area contributed by atoms with Gasteiger partial charge in [-0.2, -0.15) is 0 Å². The quantitative estimate of drug-likeness (QED) is 0.641. The maximum Gasteiger partial charge on any atom is 0.290 e. The molecule has 0 amide bonds. The van der Waals surface area contributed by atoms with Gasteiger partial charge in [0, 0.05) is 5.56 Å². The lowest BCUT2D eigenvalue weighted by Crippen LogP contribution is -1.89. The average molecular weight is 329 g/mol. The number of methoxy groups -OCH3 is 1. The predicted molar refractivity (Wildman–Crippen MR) is 89.1 cm³/mol. The Labute approximate surface area is 137 Å². The zero-order valence-corrected chi connectivity index (χ0v) is 12.9. The summed E-state index contributed by atoms with van der Waals surface area (Å²) in [5.41, 5.74) is 8.95. The van der Waals surface area contributed by atoms with Crippen LogP contribution in [0.1, 0.15) is 0 Å². The number of nitrogens with one attached hydrogen (secondary N) is 1. The van der Waals surface area contributed by atoms with Crippen LogP contribution in [-0.2, 0) is 4.79 Å². The number of imidazole rings is 1. The molecule has 4 N–H and O–H groups in total.